The van der Waals surface area contributed by atoms with Crippen molar-refractivity contribution in [3.05, 3.63) is 28.5 Å². The molecule has 0 aliphatic rings. The summed E-state index contributed by atoms with van der Waals surface area (Å²) in [4.78, 5) is 10.9. The van der Waals surface area contributed by atoms with Crippen LogP contribution in [0.4, 0.5) is 27.6 Å². The molecule has 0 aliphatic heterocycles. The normalized spacial score (nSPS) is 11.7. The Morgan fingerprint density at radius 2 is 1.94 bits per heavy atom. The fourth-order valence-corrected chi connectivity index (χ4v) is 1.24. The van der Waals surface area contributed by atoms with Gasteiger partial charge in [0, 0.05) is 4.47 Å². The Labute approximate surface area is 101 Å². The van der Waals surface area contributed by atoms with Gasteiger partial charge < -0.3 is 5.32 Å². The third kappa shape index (κ3) is 3.15. The minimum atomic E-state index is -4.83. The Kier molecular flexibility index (Phi) is 4.07. The SMILES string of the molecule is O=C(Nc1cc(F)ccc1Br)C(F)(F)C(F)F. The Morgan fingerprint density at radius 1 is 1.35 bits per heavy atom. The number of carbonyl (C=O) groups is 1. The van der Waals surface area contributed by atoms with E-state index in [1.165, 1.54) is 5.32 Å². The van der Waals surface area contributed by atoms with Gasteiger partial charge in [-0.15, -0.1) is 0 Å². The van der Waals surface area contributed by atoms with Gasteiger partial charge in [0.2, 0.25) is 0 Å². The number of amides is 1. The van der Waals surface area contributed by atoms with E-state index in [4.69, 9.17) is 0 Å². The minimum absolute atomic E-state index is 0.0947. The Balaban J connectivity index is 2.92. The summed E-state index contributed by atoms with van der Waals surface area (Å²) in [5, 5.41) is 1.52. The van der Waals surface area contributed by atoms with Crippen molar-refractivity contribution < 1.29 is 26.7 Å². The predicted octanol–water partition coefficient (Wildman–Crippen LogP) is 3.43. The van der Waals surface area contributed by atoms with Gasteiger partial charge in [-0.1, -0.05) is 0 Å². The average Bonchev–Trinajstić information content (AvgIpc) is 2.23. The molecule has 1 rings (SSSR count). The van der Waals surface area contributed by atoms with Crippen LogP contribution in [-0.4, -0.2) is 18.3 Å². The first-order valence-electron chi connectivity index (χ1n) is 4.17. The van der Waals surface area contributed by atoms with Crippen molar-refractivity contribution in [3.8, 4) is 0 Å². The van der Waals surface area contributed by atoms with Crippen molar-refractivity contribution in [3.63, 3.8) is 0 Å². The van der Waals surface area contributed by atoms with Gasteiger partial charge in [0.25, 0.3) is 0 Å². The van der Waals surface area contributed by atoms with E-state index in [0.29, 0.717) is 0 Å². The number of hydrogen-bond acceptors (Lipinski definition) is 1. The van der Waals surface area contributed by atoms with Gasteiger partial charge in [0.05, 0.1) is 5.69 Å². The van der Waals surface area contributed by atoms with Crippen molar-refractivity contribution >= 4 is 27.5 Å². The molecule has 0 radical (unpaired) electrons. The third-order valence-electron chi connectivity index (χ3n) is 1.75. The zero-order valence-corrected chi connectivity index (χ0v) is 9.57. The van der Waals surface area contributed by atoms with Gasteiger partial charge in [0.1, 0.15) is 5.82 Å². The largest absolute Gasteiger partial charge is 0.383 e. The van der Waals surface area contributed by atoms with Crippen molar-refractivity contribution in [2.24, 2.45) is 0 Å². The molecule has 0 heterocycles. The summed E-state index contributed by atoms with van der Waals surface area (Å²) in [5.41, 5.74) is -0.352. The van der Waals surface area contributed by atoms with Crippen molar-refractivity contribution in [1.82, 2.24) is 0 Å². The Hall–Kier alpha value is -1.18. The quantitative estimate of drug-likeness (QED) is 0.850. The lowest BCUT2D eigenvalue weighted by Crippen LogP contribution is -2.41. The molecule has 94 valence electrons. The smallest absolute Gasteiger partial charge is 0.320 e. The second-order valence-corrected chi connectivity index (χ2v) is 3.86. The maximum atomic E-state index is 12.7. The van der Waals surface area contributed by atoms with E-state index in [0.717, 1.165) is 18.2 Å². The van der Waals surface area contributed by atoms with E-state index in [1.54, 1.807) is 0 Å². The number of hydrogen-bond donors (Lipinski definition) is 1. The lowest BCUT2D eigenvalue weighted by atomic mass is 10.2. The molecule has 1 aromatic carbocycles. The van der Waals surface area contributed by atoms with Crippen molar-refractivity contribution in [2.75, 3.05) is 5.32 Å². The molecule has 2 nitrogen and oxygen atoms in total. The number of benzene rings is 1. The molecule has 0 spiro atoms. The monoisotopic (exact) mass is 317 g/mol. The van der Waals surface area contributed by atoms with Crippen LogP contribution in [0.3, 0.4) is 0 Å². The highest BCUT2D eigenvalue weighted by Crippen LogP contribution is 2.28. The van der Waals surface area contributed by atoms with E-state index in [2.05, 4.69) is 15.9 Å². The van der Waals surface area contributed by atoms with E-state index in [9.17, 15) is 26.7 Å². The summed E-state index contributed by atoms with van der Waals surface area (Å²) in [6, 6.07) is 2.87. The second kappa shape index (κ2) is 4.99. The van der Waals surface area contributed by atoms with Gasteiger partial charge in [0.15, 0.2) is 0 Å². The molecule has 0 aromatic heterocycles. The highest BCUT2D eigenvalue weighted by atomic mass is 79.9. The predicted molar refractivity (Wildman–Crippen MR) is 53.7 cm³/mol. The third-order valence-corrected chi connectivity index (χ3v) is 2.44. The minimum Gasteiger partial charge on any atom is -0.320 e. The molecule has 17 heavy (non-hydrogen) atoms. The van der Waals surface area contributed by atoms with E-state index < -0.39 is 24.1 Å². The highest BCUT2D eigenvalue weighted by Gasteiger charge is 2.49. The maximum absolute atomic E-state index is 12.7. The molecular formula is C9H5BrF5NO. The first-order valence-corrected chi connectivity index (χ1v) is 4.97. The summed E-state index contributed by atoms with van der Waals surface area (Å²) in [5.74, 6) is -7.83. The lowest BCUT2D eigenvalue weighted by molar-refractivity contribution is -0.163. The molecule has 0 bridgehead atoms. The lowest BCUT2D eigenvalue weighted by Gasteiger charge is -2.15. The van der Waals surface area contributed by atoms with Crippen LogP contribution in [-0.2, 0) is 4.79 Å². The number of alkyl halides is 4. The number of rotatable bonds is 3. The summed E-state index contributed by atoms with van der Waals surface area (Å²) in [6.07, 6.45) is -4.13. The first-order chi connectivity index (χ1) is 7.75. The van der Waals surface area contributed by atoms with Crippen LogP contribution >= 0.6 is 15.9 Å². The molecule has 0 aliphatic carbocycles. The van der Waals surface area contributed by atoms with Gasteiger partial charge in [-0.2, -0.15) is 8.78 Å². The van der Waals surface area contributed by atoms with Gasteiger partial charge in [-0.25, -0.2) is 13.2 Å². The van der Waals surface area contributed by atoms with Gasteiger partial charge in [-0.05, 0) is 34.1 Å². The van der Waals surface area contributed by atoms with Crippen LogP contribution in [0.15, 0.2) is 22.7 Å². The van der Waals surface area contributed by atoms with E-state index in [-0.39, 0.29) is 10.2 Å². The molecule has 0 fully saturated rings. The highest BCUT2D eigenvalue weighted by molar-refractivity contribution is 9.10. The van der Waals surface area contributed by atoms with Crippen molar-refractivity contribution in [2.45, 2.75) is 12.3 Å². The maximum Gasteiger partial charge on any atom is 0.383 e. The van der Waals surface area contributed by atoms with Crippen LogP contribution in [0.1, 0.15) is 0 Å². The van der Waals surface area contributed by atoms with Crippen LogP contribution in [0.2, 0.25) is 0 Å². The summed E-state index contributed by atoms with van der Waals surface area (Å²) < 4.78 is 61.7. The molecule has 0 unspecified atom stereocenters. The first kappa shape index (κ1) is 13.9. The summed E-state index contributed by atoms with van der Waals surface area (Å²) in [6.45, 7) is 0. The average molecular weight is 318 g/mol. The zero-order chi connectivity index (χ0) is 13.2. The molecule has 0 saturated carbocycles. The van der Waals surface area contributed by atoms with Crippen LogP contribution < -0.4 is 5.32 Å². The Morgan fingerprint density at radius 3 is 2.47 bits per heavy atom. The summed E-state index contributed by atoms with van der Waals surface area (Å²) >= 11 is 2.85. The van der Waals surface area contributed by atoms with Gasteiger partial charge in [-0.3, -0.25) is 4.79 Å². The molecule has 1 N–H and O–H groups in total. The number of carbonyl (C=O) groups excluding carboxylic acids is 1. The van der Waals surface area contributed by atoms with E-state index >= 15 is 0 Å². The summed E-state index contributed by atoms with van der Waals surface area (Å²) in [7, 11) is 0. The van der Waals surface area contributed by atoms with Crippen LogP contribution in [0.25, 0.3) is 0 Å². The molecule has 8 heteroatoms. The fraction of sp³-hybridized carbons (Fsp3) is 0.222. The van der Waals surface area contributed by atoms with Crippen molar-refractivity contribution in [1.29, 1.82) is 0 Å². The molecule has 1 amide bonds. The fourth-order valence-electron chi connectivity index (χ4n) is 0.898. The molecule has 0 saturated heterocycles. The van der Waals surface area contributed by atoms with Crippen LogP contribution in [0.5, 0.6) is 0 Å². The molecule has 1 aromatic rings. The molecular weight excluding hydrogens is 313 g/mol. The number of nitrogens with one attached hydrogen (secondary N) is 1. The zero-order valence-electron chi connectivity index (χ0n) is 7.99. The van der Waals surface area contributed by atoms with Crippen LogP contribution in [0, 0.1) is 5.82 Å². The molecule has 0 atom stereocenters. The van der Waals surface area contributed by atoms with Gasteiger partial charge >= 0.3 is 18.3 Å². The second-order valence-electron chi connectivity index (χ2n) is 3.00. The number of halogens is 6. The topological polar surface area (TPSA) is 29.1 Å². The standard InChI is InChI=1S/C9H5BrF5NO/c10-5-2-1-4(11)3-6(5)16-8(17)9(14,15)7(12)13/h1-3,7H,(H,16,17). The number of anilines is 1. The Bertz CT molecular complexity index is 437. The van der Waals surface area contributed by atoms with E-state index in [1.807, 2.05) is 0 Å².